The molecule has 0 spiro atoms. The lowest BCUT2D eigenvalue weighted by Gasteiger charge is -2.07. The summed E-state index contributed by atoms with van der Waals surface area (Å²) in [5.41, 5.74) is 5.36. The first-order valence-electron chi connectivity index (χ1n) is 3.39. The van der Waals surface area contributed by atoms with Gasteiger partial charge in [-0.05, 0) is 6.07 Å². The van der Waals surface area contributed by atoms with Crippen LogP contribution < -0.4 is 15.2 Å². The lowest BCUT2D eigenvalue weighted by molar-refractivity contribution is -0.0525. The number of nitrogens with two attached hydrogens (primary N) is 1. The number of hydrogen-bond donors (Lipinski definition) is 1. The van der Waals surface area contributed by atoms with Crippen molar-refractivity contribution < 1.29 is 18.3 Å². The Bertz CT molecular complexity index is 294. The minimum atomic E-state index is -2.94. The molecule has 2 N–H and O–H groups in total. The summed E-state index contributed by atoms with van der Waals surface area (Å²) in [5, 5.41) is 0. The van der Waals surface area contributed by atoms with E-state index in [2.05, 4.69) is 9.72 Å². The number of hydrogen-bond acceptors (Lipinski definition) is 4. The summed E-state index contributed by atoms with van der Waals surface area (Å²) in [6, 6.07) is 2.83. The van der Waals surface area contributed by atoms with Gasteiger partial charge in [-0.2, -0.15) is 13.8 Å². The largest absolute Gasteiger partial charge is 0.481 e. The molecule has 6 heteroatoms. The van der Waals surface area contributed by atoms with Crippen molar-refractivity contribution in [3.8, 4) is 11.8 Å². The van der Waals surface area contributed by atoms with E-state index in [0.29, 0.717) is 0 Å². The van der Waals surface area contributed by atoms with Crippen molar-refractivity contribution in [1.29, 1.82) is 0 Å². The van der Waals surface area contributed by atoms with Crippen molar-refractivity contribution in [1.82, 2.24) is 4.98 Å². The third-order valence-corrected chi connectivity index (χ3v) is 1.27. The minimum Gasteiger partial charge on any atom is -0.481 e. The molecule has 0 fully saturated rings. The van der Waals surface area contributed by atoms with Crippen LogP contribution in [0.5, 0.6) is 11.8 Å². The quantitative estimate of drug-likeness (QED) is 0.779. The molecular weight excluding hydrogens is 182 g/mol. The van der Waals surface area contributed by atoms with Crippen molar-refractivity contribution in [3.63, 3.8) is 0 Å². The number of alkyl halides is 2. The molecule has 1 aromatic rings. The molecule has 1 rings (SSSR count). The first-order chi connectivity index (χ1) is 6.13. The zero-order valence-corrected chi connectivity index (χ0v) is 6.83. The van der Waals surface area contributed by atoms with Crippen molar-refractivity contribution in [2.75, 3.05) is 12.8 Å². The van der Waals surface area contributed by atoms with Crippen LogP contribution in [0.15, 0.2) is 12.1 Å². The van der Waals surface area contributed by atoms with Gasteiger partial charge in [-0.15, -0.1) is 0 Å². The van der Waals surface area contributed by atoms with Crippen LogP contribution in [0.3, 0.4) is 0 Å². The maximum atomic E-state index is 11.8. The van der Waals surface area contributed by atoms with E-state index >= 15 is 0 Å². The maximum absolute atomic E-state index is 11.8. The normalized spacial score (nSPS) is 10.2. The van der Waals surface area contributed by atoms with E-state index in [1.54, 1.807) is 0 Å². The van der Waals surface area contributed by atoms with Gasteiger partial charge in [0.15, 0.2) is 0 Å². The van der Waals surface area contributed by atoms with Gasteiger partial charge in [-0.1, -0.05) is 0 Å². The molecule has 0 amide bonds. The van der Waals surface area contributed by atoms with Gasteiger partial charge in [0, 0.05) is 6.07 Å². The molecule has 0 aliphatic carbocycles. The van der Waals surface area contributed by atoms with Gasteiger partial charge in [0.25, 0.3) is 0 Å². The topological polar surface area (TPSA) is 57.4 Å². The number of ether oxygens (including phenoxy) is 2. The molecule has 0 atom stereocenters. The van der Waals surface area contributed by atoms with Crippen molar-refractivity contribution in [2.45, 2.75) is 6.61 Å². The fraction of sp³-hybridized carbons (Fsp3) is 0.286. The number of rotatable bonds is 3. The molecular formula is C7H8F2N2O2. The molecule has 0 aromatic carbocycles. The molecule has 0 saturated carbocycles. The van der Waals surface area contributed by atoms with Crippen LogP contribution in [0.4, 0.5) is 14.5 Å². The minimum absolute atomic E-state index is 0.0427. The maximum Gasteiger partial charge on any atom is 0.388 e. The highest BCUT2D eigenvalue weighted by atomic mass is 19.3. The Morgan fingerprint density at radius 1 is 1.46 bits per heavy atom. The fourth-order valence-electron chi connectivity index (χ4n) is 0.727. The predicted octanol–water partition coefficient (Wildman–Crippen LogP) is 1.27. The summed E-state index contributed by atoms with van der Waals surface area (Å²) in [6.07, 6.45) is 0. The molecule has 13 heavy (non-hydrogen) atoms. The number of aromatic nitrogens is 1. The standard InChI is InChI=1S/C7H8F2N2O2/c1-12-5-3-2-4(10)6(11-5)13-7(8)9/h2-3,7H,10H2,1H3. The van der Waals surface area contributed by atoms with Crippen LogP contribution in [0.1, 0.15) is 0 Å². The van der Waals surface area contributed by atoms with Gasteiger partial charge < -0.3 is 15.2 Å². The molecule has 4 nitrogen and oxygen atoms in total. The lowest BCUT2D eigenvalue weighted by atomic mass is 10.4. The van der Waals surface area contributed by atoms with E-state index in [9.17, 15) is 8.78 Å². The molecule has 0 radical (unpaired) electrons. The first kappa shape index (κ1) is 9.50. The number of halogens is 2. The van der Waals surface area contributed by atoms with Crippen LogP contribution in [-0.2, 0) is 0 Å². The molecule has 1 heterocycles. The number of pyridine rings is 1. The summed E-state index contributed by atoms with van der Waals surface area (Å²) >= 11 is 0. The van der Waals surface area contributed by atoms with E-state index in [4.69, 9.17) is 10.5 Å². The molecule has 0 saturated heterocycles. The fourth-order valence-corrected chi connectivity index (χ4v) is 0.727. The third kappa shape index (κ3) is 2.43. The van der Waals surface area contributed by atoms with Gasteiger partial charge in [0.1, 0.15) is 0 Å². The average molecular weight is 190 g/mol. The lowest BCUT2D eigenvalue weighted by Crippen LogP contribution is -2.06. The van der Waals surface area contributed by atoms with E-state index < -0.39 is 6.61 Å². The Morgan fingerprint density at radius 2 is 2.15 bits per heavy atom. The summed E-state index contributed by atoms with van der Waals surface area (Å²) in [5.74, 6) is -0.154. The SMILES string of the molecule is COc1ccc(N)c(OC(F)F)n1. The number of anilines is 1. The van der Waals surface area contributed by atoms with E-state index in [0.717, 1.165) is 0 Å². The first-order valence-corrected chi connectivity index (χ1v) is 3.39. The molecule has 1 aromatic heterocycles. The smallest absolute Gasteiger partial charge is 0.388 e. The monoisotopic (exact) mass is 190 g/mol. The third-order valence-electron chi connectivity index (χ3n) is 1.27. The van der Waals surface area contributed by atoms with Crippen molar-refractivity contribution >= 4 is 5.69 Å². The second-order valence-corrected chi connectivity index (χ2v) is 2.13. The molecule has 0 aliphatic rings. The summed E-state index contributed by atoms with van der Waals surface area (Å²) in [7, 11) is 1.37. The molecule has 0 aliphatic heterocycles. The van der Waals surface area contributed by atoms with Gasteiger partial charge in [0.2, 0.25) is 11.8 Å². The summed E-state index contributed by atoms with van der Waals surface area (Å²) in [6.45, 7) is -2.94. The second-order valence-electron chi connectivity index (χ2n) is 2.13. The second kappa shape index (κ2) is 3.88. The predicted molar refractivity (Wildman–Crippen MR) is 41.8 cm³/mol. The van der Waals surface area contributed by atoms with E-state index in [1.807, 2.05) is 0 Å². The highest BCUT2D eigenvalue weighted by Gasteiger charge is 2.10. The Balaban J connectivity index is 2.90. The summed E-state index contributed by atoms with van der Waals surface area (Å²) < 4.78 is 32.3. The van der Waals surface area contributed by atoms with Crippen LogP contribution in [0.25, 0.3) is 0 Å². The summed E-state index contributed by atoms with van der Waals surface area (Å²) in [4.78, 5) is 3.58. The van der Waals surface area contributed by atoms with Gasteiger partial charge in [-0.25, -0.2) is 0 Å². The molecule has 0 unspecified atom stereocenters. The zero-order valence-electron chi connectivity index (χ0n) is 6.83. The Labute approximate surface area is 73.3 Å². The highest BCUT2D eigenvalue weighted by Crippen LogP contribution is 2.23. The number of nitrogen functional groups attached to an aromatic ring is 1. The van der Waals surface area contributed by atoms with Gasteiger partial charge in [-0.3, -0.25) is 0 Å². The molecule has 72 valence electrons. The van der Waals surface area contributed by atoms with E-state index in [1.165, 1.54) is 19.2 Å². The number of nitrogens with zero attached hydrogens (tertiary/aromatic N) is 1. The van der Waals surface area contributed by atoms with Crippen LogP contribution in [-0.4, -0.2) is 18.7 Å². The number of methoxy groups -OCH3 is 1. The van der Waals surface area contributed by atoms with Gasteiger partial charge in [0.05, 0.1) is 12.8 Å². The highest BCUT2D eigenvalue weighted by molar-refractivity contribution is 5.49. The van der Waals surface area contributed by atoms with Crippen LogP contribution in [0.2, 0.25) is 0 Å². The van der Waals surface area contributed by atoms with Crippen molar-refractivity contribution in [3.05, 3.63) is 12.1 Å². The zero-order chi connectivity index (χ0) is 9.84. The van der Waals surface area contributed by atoms with E-state index in [-0.39, 0.29) is 17.4 Å². The average Bonchev–Trinajstić information content (AvgIpc) is 2.08. The van der Waals surface area contributed by atoms with Crippen LogP contribution in [0, 0.1) is 0 Å². The van der Waals surface area contributed by atoms with Crippen LogP contribution >= 0.6 is 0 Å². The van der Waals surface area contributed by atoms with Crippen molar-refractivity contribution in [2.24, 2.45) is 0 Å². The Kier molecular flexibility index (Phi) is 2.84. The Morgan fingerprint density at radius 3 is 2.69 bits per heavy atom. The Hall–Kier alpha value is -1.59. The molecule has 0 bridgehead atoms. The van der Waals surface area contributed by atoms with Gasteiger partial charge >= 0.3 is 6.61 Å².